The van der Waals surface area contributed by atoms with Crippen LogP contribution in [0.4, 0.5) is 0 Å². The number of H-pyrrole nitrogens is 1. The van der Waals surface area contributed by atoms with E-state index in [2.05, 4.69) is 10.3 Å². The van der Waals surface area contributed by atoms with Gasteiger partial charge >= 0.3 is 0 Å². The summed E-state index contributed by atoms with van der Waals surface area (Å²) in [4.78, 5) is 26.5. The van der Waals surface area contributed by atoms with Crippen molar-refractivity contribution in [2.45, 2.75) is 25.8 Å². The molecule has 2 N–H and O–H groups in total. The molecule has 1 aromatic heterocycles. The molecule has 108 valence electrons. The highest BCUT2D eigenvalue weighted by atomic mass is 16.2. The highest BCUT2D eigenvalue weighted by Gasteiger charge is 2.33. The maximum atomic E-state index is 12.3. The smallest absolute Gasteiger partial charge is 0.268 e. The Labute approximate surface area is 123 Å². The van der Waals surface area contributed by atoms with E-state index in [-0.39, 0.29) is 17.7 Å². The summed E-state index contributed by atoms with van der Waals surface area (Å²) in [6.45, 7) is 1.49. The van der Waals surface area contributed by atoms with E-state index in [0.29, 0.717) is 17.2 Å². The largest absolute Gasteiger partial charge is 0.356 e. The molecular weight excluding hydrogens is 264 g/mol. The minimum absolute atomic E-state index is 0.0442. The zero-order valence-corrected chi connectivity index (χ0v) is 11.9. The van der Waals surface area contributed by atoms with E-state index in [1.54, 1.807) is 12.3 Å². The minimum atomic E-state index is -0.164. The molecule has 0 radical (unpaired) electrons. The minimum Gasteiger partial charge on any atom is -0.356 e. The first-order valence-corrected chi connectivity index (χ1v) is 7.20. The van der Waals surface area contributed by atoms with Crippen LogP contribution in [-0.4, -0.2) is 16.7 Å². The number of aromatic amines is 1. The van der Waals surface area contributed by atoms with E-state index in [0.717, 1.165) is 18.4 Å². The second-order valence-electron chi connectivity index (χ2n) is 5.56. The van der Waals surface area contributed by atoms with Crippen molar-refractivity contribution < 1.29 is 9.59 Å². The van der Waals surface area contributed by atoms with E-state index in [1.165, 1.54) is 6.92 Å². The summed E-state index contributed by atoms with van der Waals surface area (Å²) in [6.07, 6.45) is 3.86. The van der Waals surface area contributed by atoms with Gasteiger partial charge in [-0.05, 0) is 37.3 Å². The summed E-state index contributed by atoms with van der Waals surface area (Å²) < 4.78 is 0. The summed E-state index contributed by atoms with van der Waals surface area (Å²) >= 11 is 0. The highest BCUT2D eigenvalue weighted by molar-refractivity contribution is 5.99. The van der Waals surface area contributed by atoms with Crippen molar-refractivity contribution >= 4 is 11.7 Å². The van der Waals surface area contributed by atoms with Gasteiger partial charge in [-0.25, -0.2) is 0 Å². The van der Waals surface area contributed by atoms with E-state index >= 15 is 0 Å². The summed E-state index contributed by atoms with van der Waals surface area (Å²) in [7, 11) is 0. The fourth-order valence-corrected chi connectivity index (χ4v) is 2.51. The monoisotopic (exact) mass is 282 g/mol. The number of aromatic nitrogens is 1. The van der Waals surface area contributed by atoms with Crippen LogP contribution in [0.25, 0.3) is 0 Å². The summed E-state index contributed by atoms with van der Waals surface area (Å²) in [5, 5.41) is 3.08. The predicted octanol–water partition coefficient (Wildman–Crippen LogP) is 3.10. The Kier molecular flexibility index (Phi) is 3.60. The van der Waals surface area contributed by atoms with Gasteiger partial charge in [0.2, 0.25) is 0 Å². The van der Waals surface area contributed by atoms with Gasteiger partial charge in [-0.3, -0.25) is 9.59 Å². The average Bonchev–Trinajstić information content (AvgIpc) is 3.20. The van der Waals surface area contributed by atoms with Gasteiger partial charge in [0.15, 0.2) is 5.78 Å². The topological polar surface area (TPSA) is 62.0 Å². The van der Waals surface area contributed by atoms with Crippen molar-refractivity contribution in [3.05, 3.63) is 59.4 Å². The zero-order chi connectivity index (χ0) is 14.8. The van der Waals surface area contributed by atoms with Crippen molar-refractivity contribution in [2.75, 3.05) is 0 Å². The predicted molar refractivity (Wildman–Crippen MR) is 80.2 cm³/mol. The van der Waals surface area contributed by atoms with Gasteiger partial charge in [-0.2, -0.15) is 0 Å². The number of hydrogen-bond donors (Lipinski definition) is 2. The molecule has 1 heterocycles. The molecule has 1 aromatic carbocycles. The van der Waals surface area contributed by atoms with Crippen molar-refractivity contribution in [1.82, 2.24) is 10.3 Å². The molecule has 0 unspecified atom stereocenters. The third kappa shape index (κ3) is 3.05. The lowest BCUT2D eigenvalue weighted by molar-refractivity contribution is 0.0927. The maximum Gasteiger partial charge on any atom is 0.268 e. The fourth-order valence-electron chi connectivity index (χ4n) is 2.51. The number of carbonyl (C=O) groups excluding carboxylic acids is 2. The van der Waals surface area contributed by atoms with Crippen LogP contribution >= 0.6 is 0 Å². The molecule has 1 amide bonds. The summed E-state index contributed by atoms with van der Waals surface area (Å²) in [5.74, 6) is 0.300. The van der Waals surface area contributed by atoms with Gasteiger partial charge in [-0.15, -0.1) is 0 Å². The Morgan fingerprint density at radius 2 is 1.95 bits per heavy atom. The number of carbonyl (C=O) groups is 2. The van der Waals surface area contributed by atoms with Gasteiger partial charge in [-0.1, -0.05) is 30.3 Å². The lowest BCUT2D eigenvalue weighted by atomic mass is 10.0. The van der Waals surface area contributed by atoms with E-state index < -0.39 is 0 Å². The van der Waals surface area contributed by atoms with Crippen LogP contribution in [0.15, 0.2) is 42.6 Å². The standard InChI is InChI=1S/C17H18N2O2/c1-11(20)14-9-15(18-10-14)17(21)19-16(13-7-8-13)12-5-3-2-4-6-12/h2-6,9-10,13,16,18H,7-8H2,1H3,(H,19,21)/t16-/m1/s1. The third-order valence-electron chi connectivity index (χ3n) is 3.87. The Morgan fingerprint density at radius 1 is 1.24 bits per heavy atom. The van der Waals surface area contributed by atoms with Crippen molar-refractivity contribution in [3.63, 3.8) is 0 Å². The SMILES string of the molecule is CC(=O)c1c[nH]c(C(=O)N[C@H](c2ccccc2)C2CC2)c1. The van der Waals surface area contributed by atoms with Crippen LogP contribution < -0.4 is 5.32 Å². The highest BCUT2D eigenvalue weighted by Crippen LogP contribution is 2.41. The number of hydrogen-bond acceptors (Lipinski definition) is 2. The molecule has 1 aliphatic carbocycles. The van der Waals surface area contributed by atoms with Crippen LogP contribution in [0.1, 0.15) is 52.2 Å². The molecule has 0 bridgehead atoms. The molecule has 1 fully saturated rings. The van der Waals surface area contributed by atoms with Gasteiger partial charge in [0.25, 0.3) is 5.91 Å². The van der Waals surface area contributed by atoms with Crippen molar-refractivity contribution in [2.24, 2.45) is 5.92 Å². The molecule has 4 nitrogen and oxygen atoms in total. The lowest BCUT2D eigenvalue weighted by Gasteiger charge is -2.18. The van der Waals surface area contributed by atoms with Crippen LogP contribution in [0, 0.1) is 5.92 Å². The Morgan fingerprint density at radius 3 is 2.52 bits per heavy atom. The van der Waals surface area contributed by atoms with E-state index in [4.69, 9.17) is 0 Å². The number of ketones is 1. The Bertz CT molecular complexity index is 656. The number of nitrogens with one attached hydrogen (secondary N) is 2. The second kappa shape index (κ2) is 5.56. The van der Waals surface area contributed by atoms with Gasteiger partial charge in [0.05, 0.1) is 6.04 Å². The number of amides is 1. The normalized spacial score (nSPS) is 15.5. The maximum absolute atomic E-state index is 12.3. The van der Waals surface area contributed by atoms with E-state index in [9.17, 15) is 9.59 Å². The molecule has 0 saturated heterocycles. The molecule has 3 rings (SSSR count). The summed E-state index contributed by atoms with van der Waals surface area (Å²) in [6, 6.07) is 11.7. The fraction of sp³-hybridized carbons (Fsp3) is 0.294. The number of rotatable bonds is 5. The van der Waals surface area contributed by atoms with Crippen LogP contribution in [0.2, 0.25) is 0 Å². The molecule has 1 atom stereocenters. The molecule has 1 saturated carbocycles. The number of Topliss-reactive ketones (excluding diaryl/α,β-unsaturated/α-hetero) is 1. The first kappa shape index (κ1) is 13.6. The Balaban J connectivity index is 1.76. The molecule has 4 heteroatoms. The number of benzene rings is 1. The van der Waals surface area contributed by atoms with Gasteiger partial charge in [0, 0.05) is 11.8 Å². The molecule has 0 spiro atoms. The molecule has 0 aliphatic heterocycles. The quantitative estimate of drug-likeness (QED) is 0.828. The second-order valence-corrected chi connectivity index (χ2v) is 5.56. The lowest BCUT2D eigenvalue weighted by Crippen LogP contribution is -2.30. The van der Waals surface area contributed by atoms with Crippen molar-refractivity contribution in [1.29, 1.82) is 0 Å². The molecule has 1 aliphatic rings. The van der Waals surface area contributed by atoms with Crippen LogP contribution in [0.5, 0.6) is 0 Å². The van der Waals surface area contributed by atoms with Gasteiger partial charge in [0.1, 0.15) is 5.69 Å². The first-order chi connectivity index (χ1) is 10.1. The van der Waals surface area contributed by atoms with Crippen molar-refractivity contribution in [3.8, 4) is 0 Å². The first-order valence-electron chi connectivity index (χ1n) is 7.20. The Hall–Kier alpha value is -2.36. The third-order valence-corrected chi connectivity index (χ3v) is 3.87. The molecule has 2 aromatic rings. The average molecular weight is 282 g/mol. The van der Waals surface area contributed by atoms with E-state index in [1.807, 2.05) is 30.3 Å². The zero-order valence-electron chi connectivity index (χ0n) is 11.9. The van der Waals surface area contributed by atoms with Crippen LogP contribution in [0.3, 0.4) is 0 Å². The van der Waals surface area contributed by atoms with Gasteiger partial charge < -0.3 is 10.3 Å². The molecular formula is C17H18N2O2. The van der Waals surface area contributed by atoms with Crippen LogP contribution in [-0.2, 0) is 0 Å². The molecule has 21 heavy (non-hydrogen) atoms. The summed E-state index contributed by atoms with van der Waals surface area (Å²) in [5.41, 5.74) is 2.09.